The van der Waals surface area contributed by atoms with Crippen LogP contribution in [0.3, 0.4) is 0 Å². The summed E-state index contributed by atoms with van der Waals surface area (Å²) in [6.07, 6.45) is 2.45. The van der Waals surface area contributed by atoms with E-state index in [1.807, 2.05) is 0 Å². The molecule has 1 unspecified atom stereocenters. The number of methoxy groups -OCH3 is 1. The molecule has 0 aliphatic heterocycles. The van der Waals surface area contributed by atoms with Crippen LogP contribution < -0.4 is 5.32 Å². The van der Waals surface area contributed by atoms with Gasteiger partial charge in [-0.3, -0.25) is 10.2 Å². The van der Waals surface area contributed by atoms with E-state index >= 15 is 0 Å². The smallest absolute Gasteiger partial charge is 0.108 e. The van der Waals surface area contributed by atoms with Crippen LogP contribution in [0.5, 0.6) is 0 Å². The van der Waals surface area contributed by atoms with Crippen molar-refractivity contribution in [2.45, 2.75) is 31.8 Å². The lowest BCUT2D eigenvalue weighted by atomic mass is 10.3. The van der Waals surface area contributed by atoms with Gasteiger partial charge in [-0.15, -0.1) is 0 Å². The Bertz CT molecular complexity index is 210. The molecule has 4 nitrogen and oxygen atoms in total. The SMILES string of the molecule is CCN(CCOC)CC(C#N)NC1CC1. The lowest BCUT2D eigenvalue weighted by molar-refractivity contribution is 0.147. The topological polar surface area (TPSA) is 48.3 Å². The standard InChI is InChI=1S/C11H21N3O/c1-3-14(6-7-15-2)9-11(8-12)13-10-4-5-10/h10-11,13H,3-7,9H2,1-2H3. The minimum atomic E-state index is -0.0330. The van der Waals surface area contributed by atoms with Gasteiger partial charge in [0.25, 0.3) is 0 Å². The van der Waals surface area contributed by atoms with Gasteiger partial charge in [-0.2, -0.15) is 5.26 Å². The fraction of sp³-hybridized carbons (Fsp3) is 0.909. The molecule has 1 aliphatic carbocycles. The molecule has 0 aromatic heterocycles. The van der Waals surface area contributed by atoms with Gasteiger partial charge in [-0.25, -0.2) is 0 Å². The summed E-state index contributed by atoms with van der Waals surface area (Å²) < 4.78 is 5.04. The summed E-state index contributed by atoms with van der Waals surface area (Å²) in [5.41, 5.74) is 0. The van der Waals surface area contributed by atoms with Crippen molar-refractivity contribution in [2.24, 2.45) is 0 Å². The van der Waals surface area contributed by atoms with Crippen LogP contribution in [0.2, 0.25) is 0 Å². The van der Waals surface area contributed by atoms with Crippen LogP contribution in [-0.2, 0) is 4.74 Å². The van der Waals surface area contributed by atoms with Crippen molar-refractivity contribution in [1.82, 2.24) is 10.2 Å². The van der Waals surface area contributed by atoms with Gasteiger partial charge in [-0.05, 0) is 19.4 Å². The Morgan fingerprint density at radius 1 is 1.60 bits per heavy atom. The largest absolute Gasteiger partial charge is 0.383 e. The first-order chi connectivity index (χ1) is 7.30. The maximum absolute atomic E-state index is 9.00. The predicted octanol–water partition coefficient (Wildman–Crippen LogP) is 0.599. The van der Waals surface area contributed by atoms with Gasteiger partial charge in [0, 0.05) is 26.2 Å². The Morgan fingerprint density at radius 2 is 2.33 bits per heavy atom. The molecule has 1 atom stereocenters. The second-order valence-corrected chi connectivity index (χ2v) is 4.01. The van der Waals surface area contributed by atoms with Crippen LogP contribution >= 0.6 is 0 Å². The van der Waals surface area contributed by atoms with Gasteiger partial charge < -0.3 is 4.74 Å². The van der Waals surface area contributed by atoms with E-state index < -0.39 is 0 Å². The zero-order valence-electron chi connectivity index (χ0n) is 9.70. The molecular weight excluding hydrogens is 190 g/mol. The summed E-state index contributed by atoms with van der Waals surface area (Å²) in [4.78, 5) is 2.24. The van der Waals surface area contributed by atoms with Crippen LogP contribution in [0.25, 0.3) is 0 Å². The van der Waals surface area contributed by atoms with Crippen molar-refractivity contribution in [1.29, 1.82) is 5.26 Å². The molecule has 1 fully saturated rings. The third-order valence-corrected chi connectivity index (χ3v) is 2.67. The first-order valence-electron chi connectivity index (χ1n) is 5.67. The highest BCUT2D eigenvalue weighted by molar-refractivity contribution is 4.97. The van der Waals surface area contributed by atoms with E-state index in [9.17, 15) is 0 Å². The van der Waals surface area contributed by atoms with E-state index in [0.717, 1.165) is 26.2 Å². The normalized spacial score (nSPS) is 17.7. The quantitative estimate of drug-likeness (QED) is 0.638. The molecule has 1 aliphatic rings. The summed E-state index contributed by atoms with van der Waals surface area (Å²) in [6.45, 7) is 5.51. The molecule has 0 spiro atoms. The Hall–Kier alpha value is -0.630. The van der Waals surface area contributed by atoms with E-state index in [-0.39, 0.29) is 6.04 Å². The highest BCUT2D eigenvalue weighted by Crippen LogP contribution is 2.19. The highest BCUT2D eigenvalue weighted by atomic mass is 16.5. The zero-order valence-corrected chi connectivity index (χ0v) is 9.70. The summed E-state index contributed by atoms with van der Waals surface area (Å²) in [5, 5.41) is 12.3. The number of hydrogen-bond donors (Lipinski definition) is 1. The third kappa shape index (κ3) is 5.12. The van der Waals surface area contributed by atoms with Gasteiger partial charge in [0.05, 0.1) is 12.7 Å². The number of nitriles is 1. The minimum Gasteiger partial charge on any atom is -0.383 e. The fourth-order valence-corrected chi connectivity index (χ4v) is 1.52. The van der Waals surface area contributed by atoms with E-state index in [4.69, 9.17) is 10.00 Å². The highest BCUT2D eigenvalue weighted by Gasteiger charge is 2.25. The second-order valence-electron chi connectivity index (χ2n) is 4.01. The van der Waals surface area contributed by atoms with Crippen molar-refractivity contribution in [3.05, 3.63) is 0 Å². The average molecular weight is 211 g/mol. The Kier molecular flexibility index (Phi) is 5.62. The summed E-state index contributed by atoms with van der Waals surface area (Å²) in [5.74, 6) is 0. The van der Waals surface area contributed by atoms with E-state index in [1.54, 1.807) is 7.11 Å². The number of nitrogens with zero attached hydrogens (tertiary/aromatic N) is 2. The maximum Gasteiger partial charge on any atom is 0.108 e. The molecule has 15 heavy (non-hydrogen) atoms. The van der Waals surface area contributed by atoms with Crippen LogP contribution in [0.4, 0.5) is 0 Å². The molecule has 0 aromatic rings. The van der Waals surface area contributed by atoms with E-state index in [0.29, 0.717) is 6.04 Å². The lowest BCUT2D eigenvalue weighted by Gasteiger charge is -2.23. The molecule has 0 bridgehead atoms. The van der Waals surface area contributed by atoms with E-state index in [2.05, 4.69) is 23.2 Å². The first kappa shape index (κ1) is 12.4. The summed E-state index contributed by atoms with van der Waals surface area (Å²) >= 11 is 0. The van der Waals surface area contributed by atoms with Crippen molar-refractivity contribution in [3.63, 3.8) is 0 Å². The first-order valence-corrected chi connectivity index (χ1v) is 5.67. The van der Waals surface area contributed by atoms with Crippen LogP contribution in [0, 0.1) is 11.3 Å². The molecule has 0 aromatic carbocycles. The molecule has 4 heteroatoms. The Labute approximate surface area is 92.2 Å². The van der Waals surface area contributed by atoms with Crippen LogP contribution in [0.15, 0.2) is 0 Å². The Morgan fingerprint density at radius 3 is 2.80 bits per heavy atom. The van der Waals surface area contributed by atoms with Gasteiger partial charge in [0.2, 0.25) is 0 Å². The summed E-state index contributed by atoms with van der Waals surface area (Å²) in [7, 11) is 1.71. The maximum atomic E-state index is 9.00. The second kappa shape index (κ2) is 6.78. The molecule has 1 N–H and O–H groups in total. The molecule has 1 rings (SSSR count). The zero-order chi connectivity index (χ0) is 11.1. The molecule has 0 radical (unpaired) electrons. The van der Waals surface area contributed by atoms with Gasteiger partial charge in [-0.1, -0.05) is 6.92 Å². The predicted molar refractivity (Wildman–Crippen MR) is 59.5 cm³/mol. The van der Waals surface area contributed by atoms with E-state index in [1.165, 1.54) is 12.8 Å². The van der Waals surface area contributed by atoms with Gasteiger partial charge in [0.15, 0.2) is 0 Å². The molecule has 0 heterocycles. The summed E-state index contributed by atoms with van der Waals surface area (Å²) in [6, 6.07) is 2.88. The molecule has 0 amide bonds. The van der Waals surface area contributed by atoms with Crippen molar-refractivity contribution < 1.29 is 4.74 Å². The molecule has 86 valence electrons. The molecular formula is C11H21N3O. The minimum absolute atomic E-state index is 0.0330. The lowest BCUT2D eigenvalue weighted by Crippen LogP contribution is -2.42. The van der Waals surface area contributed by atoms with Crippen molar-refractivity contribution in [3.8, 4) is 6.07 Å². The van der Waals surface area contributed by atoms with Gasteiger partial charge >= 0.3 is 0 Å². The van der Waals surface area contributed by atoms with Crippen molar-refractivity contribution in [2.75, 3.05) is 33.4 Å². The Balaban J connectivity index is 2.23. The monoisotopic (exact) mass is 211 g/mol. The number of nitrogens with one attached hydrogen (secondary N) is 1. The van der Waals surface area contributed by atoms with Gasteiger partial charge in [0.1, 0.15) is 6.04 Å². The number of likely N-dealkylation sites (N-methyl/N-ethyl adjacent to an activating group) is 1. The molecule has 0 saturated heterocycles. The average Bonchev–Trinajstić information content (AvgIpc) is 3.06. The van der Waals surface area contributed by atoms with Crippen LogP contribution in [0.1, 0.15) is 19.8 Å². The molecule has 1 saturated carbocycles. The number of hydrogen-bond acceptors (Lipinski definition) is 4. The number of ether oxygens (including phenoxy) is 1. The van der Waals surface area contributed by atoms with Crippen molar-refractivity contribution >= 4 is 0 Å². The number of rotatable bonds is 8. The fourth-order valence-electron chi connectivity index (χ4n) is 1.52. The third-order valence-electron chi connectivity index (χ3n) is 2.67. The van der Waals surface area contributed by atoms with Crippen LogP contribution in [-0.4, -0.2) is 50.3 Å².